The summed E-state index contributed by atoms with van der Waals surface area (Å²) in [5, 5.41) is 11.6. The molecule has 0 saturated carbocycles. The third kappa shape index (κ3) is 3.88. The zero-order chi connectivity index (χ0) is 15.1. The highest BCUT2D eigenvalue weighted by Gasteiger charge is 2.19. The van der Waals surface area contributed by atoms with Crippen LogP contribution < -0.4 is 10.5 Å². The van der Waals surface area contributed by atoms with Crippen molar-refractivity contribution in [1.29, 1.82) is 0 Å². The molecular weight excluding hydrogens is 258 g/mol. The number of oxime groups is 1. The molecule has 1 atom stereocenters. The lowest BCUT2D eigenvalue weighted by Gasteiger charge is -2.24. The van der Waals surface area contributed by atoms with Crippen molar-refractivity contribution in [1.82, 2.24) is 4.90 Å². The summed E-state index contributed by atoms with van der Waals surface area (Å²) in [5.41, 5.74) is 6.10. The average molecular weight is 279 g/mol. The van der Waals surface area contributed by atoms with Crippen molar-refractivity contribution in [3.8, 4) is 5.75 Å². The number of carbonyl (C=O) groups is 1. The summed E-state index contributed by atoms with van der Waals surface area (Å²) in [6.07, 6.45) is 0. The maximum atomic E-state index is 12.4. The van der Waals surface area contributed by atoms with E-state index in [2.05, 4.69) is 5.16 Å². The molecule has 3 N–H and O–H groups in total. The standard InChI is InChI=1S/C14H21N3O3/c1-4-17(9-10(2)13(15)16-19)14(18)11-6-5-7-12(8-11)20-3/h5-8,10,19H,4,9H2,1-3H3,(H2,15,16). The first kappa shape index (κ1) is 15.8. The predicted octanol–water partition coefficient (Wildman–Crippen LogP) is 1.54. The van der Waals surface area contributed by atoms with Gasteiger partial charge < -0.3 is 20.6 Å². The summed E-state index contributed by atoms with van der Waals surface area (Å²) in [7, 11) is 1.56. The molecule has 1 unspecified atom stereocenters. The number of benzene rings is 1. The molecule has 6 nitrogen and oxygen atoms in total. The van der Waals surface area contributed by atoms with Gasteiger partial charge in [0.1, 0.15) is 11.6 Å². The van der Waals surface area contributed by atoms with Crippen LogP contribution in [0.4, 0.5) is 0 Å². The molecule has 0 fully saturated rings. The first-order valence-electron chi connectivity index (χ1n) is 6.44. The molecule has 0 aliphatic carbocycles. The number of nitrogens with two attached hydrogens (primary N) is 1. The minimum Gasteiger partial charge on any atom is -0.497 e. The molecule has 0 aliphatic rings. The fourth-order valence-electron chi connectivity index (χ4n) is 1.82. The Bertz CT molecular complexity index is 488. The number of rotatable bonds is 6. The molecule has 0 spiro atoms. The van der Waals surface area contributed by atoms with Gasteiger partial charge in [0.25, 0.3) is 5.91 Å². The van der Waals surface area contributed by atoms with Gasteiger partial charge in [0.2, 0.25) is 0 Å². The highest BCUT2D eigenvalue weighted by Crippen LogP contribution is 2.15. The quantitative estimate of drug-likeness (QED) is 0.358. The zero-order valence-electron chi connectivity index (χ0n) is 12.0. The molecule has 110 valence electrons. The van der Waals surface area contributed by atoms with E-state index in [1.165, 1.54) is 0 Å². The SMILES string of the molecule is CCN(CC(C)C(N)=NO)C(=O)c1cccc(OC)c1. The second-order valence-electron chi connectivity index (χ2n) is 4.50. The van der Waals surface area contributed by atoms with Crippen LogP contribution in [-0.4, -0.2) is 42.0 Å². The van der Waals surface area contributed by atoms with Crippen LogP contribution in [0.2, 0.25) is 0 Å². The Morgan fingerprint density at radius 2 is 2.25 bits per heavy atom. The monoisotopic (exact) mass is 279 g/mol. The van der Waals surface area contributed by atoms with E-state index in [1.54, 1.807) is 43.2 Å². The van der Waals surface area contributed by atoms with E-state index in [9.17, 15) is 4.79 Å². The Labute approximate surface area is 118 Å². The number of methoxy groups -OCH3 is 1. The van der Waals surface area contributed by atoms with E-state index in [4.69, 9.17) is 15.7 Å². The van der Waals surface area contributed by atoms with Gasteiger partial charge in [0.05, 0.1) is 7.11 Å². The minimum atomic E-state index is -0.213. The average Bonchev–Trinajstić information content (AvgIpc) is 2.50. The predicted molar refractivity (Wildman–Crippen MR) is 77.1 cm³/mol. The van der Waals surface area contributed by atoms with Gasteiger partial charge in [0.15, 0.2) is 0 Å². The van der Waals surface area contributed by atoms with Crippen LogP contribution in [0.1, 0.15) is 24.2 Å². The minimum absolute atomic E-state index is 0.107. The van der Waals surface area contributed by atoms with Crippen LogP contribution in [-0.2, 0) is 0 Å². The smallest absolute Gasteiger partial charge is 0.254 e. The lowest BCUT2D eigenvalue weighted by atomic mass is 10.1. The molecule has 1 amide bonds. The van der Waals surface area contributed by atoms with Crippen LogP contribution in [0.3, 0.4) is 0 Å². The first-order valence-corrected chi connectivity index (χ1v) is 6.44. The van der Waals surface area contributed by atoms with Crippen molar-refractivity contribution in [2.24, 2.45) is 16.8 Å². The van der Waals surface area contributed by atoms with Gasteiger partial charge in [0, 0.05) is 24.6 Å². The number of carbonyl (C=O) groups excluding carboxylic acids is 1. The summed E-state index contributed by atoms with van der Waals surface area (Å²) in [5.74, 6) is 0.428. The Hall–Kier alpha value is -2.24. The maximum Gasteiger partial charge on any atom is 0.254 e. The molecule has 0 heterocycles. The van der Waals surface area contributed by atoms with Crippen LogP contribution in [0, 0.1) is 5.92 Å². The second kappa shape index (κ2) is 7.37. The molecular formula is C14H21N3O3. The third-order valence-corrected chi connectivity index (χ3v) is 3.10. The van der Waals surface area contributed by atoms with E-state index in [1.807, 2.05) is 6.92 Å². The Morgan fingerprint density at radius 3 is 2.80 bits per heavy atom. The van der Waals surface area contributed by atoms with Crippen LogP contribution in [0.5, 0.6) is 5.75 Å². The van der Waals surface area contributed by atoms with E-state index < -0.39 is 0 Å². The van der Waals surface area contributed by atoms with Gasteiger partial charge in [-0.1, -0.05) is 18.1 Å². The molecule has 1 rings (SSSR count). The third-order valence-electron chi connectivity index (χ3n) is 3.10. The molecule has 0 saturated heterocycles. The van der Waals surface area contributed by atoms with Gasteiger partial charge in [-0.2, -0.15) is 0 Å². The highest BCUT2D eigenvalue weighted by atomic mass is 16.5. The maximum absolute atomic E-state index is 12.4. The van der Waals surface area contributed by atoms with E-state index in [0.717, 1.165) is 0 Å². The number of amidine groups is 1. The van der Waals surface area contributed by atoms with Crippen LogP contribution >= 0.6 is 0 Å². The number of amides is 1. The van der Waals surface area contributed by atoms with Crippen molar-refractivity contribution < 1.29 is 14.7 Å². The first-order chi connectivity index (χ1) is 9.53. The summed E-state index contributed by atoms with van der Waals surface area (Å²) in [4.78, 5) is 14.1. The van der Waals surface area contributed by atoms with Gasteiger partial charge in [-0.3, -0.25) is 4.79 Å². The van der Waals surface area contributed by atoms with Crippen LogP contribution in [0.15, 0.2) is 29.4 Å². The topological polar surface area (TPSA) is 88.1 Å². The van der Waals surface area contributed by atoms with Crippen molar-refractivity contribution in [2.45, 2.75) is 13.8 Å². The summed E-state index contributed by atoms with van der Waals surface area (Å²) < 4.78 is 5.11. The summed E-state index contributed by atoms with van der Waals surface area (Å²) in [6, 6.07) is 6.99. The fourth-order valence-corrected chi connectivity index (χ4v) is 1.82. The number of nitrogens with zero attached hydrogens (tertiary/aromatic N) is 2. The summed E-state index contributed by atoms with van der Waals surface area (Å²) in [6.45, 7) is 4.62. The van der Waals surface area contributed by atoms with Crippen molar-refractivity contribution in [3.63, 3.8) is 0 Å². The van der Waals surface area contributed by atoms with Crippen molar-refractivity contribution in [2.75, 3.05) is 20.2 Å². The Balaban J connectivity index is 2.86. The molecule has 0 aromatic heterocycles. The number of hydrogen-bond donors (Lipinski definition) is 2. The molecule has 1 aromatic carbocycles. The molecule has 20 heavy (non-hydrogen) atoms. The van der Waals surface area contributed by atoms with E-state index >= 15 is 0 Å². The van der Waals surface area contributed by atoms with Gasteiger partial charge in [-0.15, -0.1) is 0 Å². The zero-order valence-corrected chi connectivity index (χ0v) is 12.0. The lowest BCUT2D eigenvalue weighted by Crippen LogP contribution is -2.38. The Kier molecular flexibility index (Phi) is 5.83. The van der Waals surface area contributed by atoms with E-state index in [0.29, 0.717) is 24.4 Å². The van der Waals surface area contributed by atoms with Gasteiger partial charge >= 0.3 is 0 Å². The Morgan fingerprint density at radius 1 is 1.55 bits per heavy atom. The molecule has 0 radical (unpaired) electrons. The van der Waals surface area contributed by atoms with Crippen LogP contribution in [0.25, 0.3) is 0 Å². The van der Waals surface area contributed by atoms with E-state index in [-0.39, 0.29) is 17.7 Å². The van der Waals surface area contributed by atoms with Crippen molar-refractivity contribution in [3.05, 3.63) is 29.8 Å². The van der Waals surface area contributed by atoms with Gasteiger partial charge in [-0.25, -0.2) is 0 Å². The molecule has 0 bridgehead atoms. The lowest BCUT2D eigenvalue weighted by molar-refractivity contribution is 0.0753. The normalized spacial score (nSPS) is 12.8. The number of hydrogen-bond acceptors (Lipinski definition) is 4. The molecule has 6 heteroatoms. The van der Waals surface area contributed by atoms with Crippen molar-refractivity contribution >= 4 is 11.7 Å². The highest BCUT2D eigenvalue weighted by molar-refractivity contribution is 5.95. The number of ether oxygens (including phenoxy) is 1. The fraction of sp³-hybridized carbons (Fsp3) is 0.429. The van der Waals surface area contributed by atoms with Gasteiger partial charge in [-0.05, 0) is 25.1 Å². The largest absolute Gasteiger partial charge is 0.497 e. The molecule has 0 aliphatic heterocycles. The molecule has 1 aromatic rings. The second-order valence-corrected chi connectivity index (χ2v) is 4.50. The summed E-state index contributed by atoms with van der Waals surface area (Å²) >= 11 is 0.